The van der Waals surface area contributed by atoms with Crippen LogP contribution in [0.1, 0.15) is 5.69 Å². The molecule has 0 aliphatic carbocycles. The molecule has 2 aromatic heterocycles. The lowest BCUT2D eigenvalue weighted by Crippen LogP contribution is -1.95. The van der Waals surface area contributed by atoms with E-state index in [-0.39, 0.29) is 5.88 Å². The van der Waals surface area contributed by atoms with E-state index in [0.29, 0.717) is 5.13 Å². The maximum Gasteiger partial charge on any atom is 0.216 e. The van der Waals surface area contributed by atoms with Gasteiger partial charge in [-0.25, -0.2) is 4.98 Å². The zero-order valence-electron chi connectivity index (χ0n) is 9.74. The van der Waals surface area contributed by atoms with Crippen LogP contribution in [-0.2, 0) is 0 Å². The maximum absolute atomic E-state index is 9.73. The van der Waals surface area contributed by atoms with Crippen LogP contribution < -0.4 is 0 Å². The summed E-state index contributed by atoms with van der Waals surface area (Å²) in [5, 5.41) is 16.6. The lowest BCUT2D eigenvalue weighted by atomic mass is 10.2. The molecule has 90 valence electrons. The Labute approximate surface area is 108 Å². The summed E-state index contributed by atoms with van der Waals surface area (Å²) in [6, 6.07) is 11.6. The Bertz CT molecular complexity index is 673. The Morgan fingerprint density at radius 1 is 1.22 bits per heavy atom. The van der Waals surface area contributed by atoms with Gasteiger partial charge in [0.15, 0.2) is 0 Å². The van der Waals surface area contributed by atoms with E-state index in [1.807, 2.05) is 42.6 Å². The molecule has 0 atom stereocenters. The molecule has 0 amide bonds. The fourth-order valence-electron chi connectivity index (χ4n) is 1.73. The minimum atomic E-state index is 0.112. The predicted octanol–water partition coefficient (Wildman–Crippen LogP) is 3.01. The van der Waals surface area contributed by atoms with Gasteiger partial charge in [0, 0.05) is 17.0 Å². The Morgan fingerprint density at radius 3 is 2.67 bits per heavy atom. The molecule has 1 aromatic carbocycles. The zero-order valence-corrected chi connectivity index (χ0v) is 10.6. The SMILES string of the molecule is Cc1cc(O)n(-c2nc(-c3ccccc3)cs2)n1. The number of thiazole rings is 1. The number of aryl methyl sites for hydroxylation is 1. The normalized spacial score (nSPS) is 10.7. The number of rotatable bonds is 2. The molecule has 0 saturated carbocycles. The highest BCUT2D eigenvalue weighted by Crippen LogP contribution is 2.26. The summed E-state index contributed by atoms with van der Waals surface area (Å²) in [7, 11) is 0. The molecule has 0 saturated heterocycles. The third-order valence-electron chi connectivity index (χ3n) is 2.56. The standard InChI is InChI=1S/C13H11N3OS/c1-9-7-12(17)16(15-9)13-14-11(8-18-13)10-5-3-2-4-6-10/h2-8,17H,1H3. The van der Waals surface area contributed by atoms with E-state index in [4.69, 9.17) is 0 Å². The molecule has 0 bridgehead atoms. The molecular formula is C13H11N3OS. The molecule has 0 aliphatic rings. The van der Waals surface area contributed by atoms with Gasteiger partial charge in [-0.3, -0.25) is 0 Å². The van der Waals surface area contributed by atoms with Crippen molar-refractivity contribution in [3.8, 4) is 22.3 Å². The van der Waals surface area contributed by atoms with Crippen molar-refractivity contribution in [3.05, 3.63) is 47.5 Å². The highest BCUT2D eigenvalue weighted by Gasteiger charge is 2.10. The van der Waals surface area contributed by atoms with E-state index < -0.39 is 0 Å². The van der Waals surface area contributed by atoms with Crippen LogP contribution in [-0.4, -0.2) is 19.9 Å². The first-order chi connectivity index (χ1) is 8.74. The topological polar surface area (TPSA) is 50.9 Å². The third-order valence-corrected chi connectivity index (χ3v) is 3.37. The summed E-state index contributed by atoms with van der Waals surface area (Å²) in [6.45, 7) is 1.84. The third kappa shape index (κ3) is 1.89. The van der Waals surface area contributed by atoms with Crippen LogP contribution in [0, 0.1) is 6.92 Å². The molecule has 0 unspecified atom stereocenters. The number of hydrogen-bond acceptors (Lipinski definition) is 4. The summed E-state index contributed by atoms with van der Waals surface area (Å²) in [4.78, 5) is 4.48. The Morgan fingerprint density at radius 2 is 2.00 bits per heavy atom. The molecular weight excluding hydrogens is 246 g/mol. The minimum Gasteiger partial charge on any atom is -0.493 e. The summed E-state index contributed by atoms with van der Waals surface area (Å²) in [5.41, 5.74) is 2.72. The molecule has 0 radical (unpaired) electrons. The van der Waals surface area contributed by atoms with Gasteiger partial charge in [0.2, 0.25) is 11.0 Å². The quantitative estimate of drug-likeness (QED) is 0.767. The maximum atomic E-state index is 9.73. The highest BCUT2D eigenvalue weighted by atomic mass is 32.1. The second-order valence-corrected chi connectivity index (χ2v) is 4.77. The summed E-state index contributed by atoms with van der Waals surface area (Å²) in [5.74, 6) is 0.112. The fourth-order valence-corrected chi connectivity index (χ4v) is 2.52. The first-order valence-corrected chi connectivity index (χ1v) is 6.39. The Balaban J connectivity index is 2.02. The van der Waals surface area contributed by atoms with Crippen LogP contribution in [0.4, 0.5) is 0 Å². The molecule has 0 aliphatic heterocycles. The van der Waals surface area contributed by atoms with Crippen molar-refractivity contribution in [2.75, 3.05) is 0 Å². The lowest BCUT2D eigenvalue weighted by molar-refractivity contribution is 0.433. The highest BCUT2D eigenvalue weighted by molar-refractivity contribution is 7.12. The molecule has 3 rings (SSSR count). The largest absolute Gasteiger partial charge is 0.493 e. The average molecular weight is 257 g/mol. The molecule has 4 nitrogen and oxygen atoms in total. The molecule has 0 fully saturated rings. The van der Waals surface area contributed by atoms with Gasteiger partial charge in [-0.2, -0.15) is 9.78 Å². The van der Waals surface area contributed by atoms with E-state index in [1.165, 1.54) is 16.0 Å². The van der Waals surface area contributed by atoms with Crippen molar-refractivity contribution in [2.45, 2.75) is 6.92 Å². The average Bonchev–Trinajstić information content (AvgIpc) is 2.97. The first kappa shape index (κ1) is 11.0. The second-order valence-electron chi connectivity index (χ2n) is 3.94. The van der Waals surface area contributed by atoms with E-state index >= 15 is 0 Å². The van der Waals surface area contributed by atoms with E-state index in [1.54, 1.807) is 6.07 Å². The van der Waals surface area contributed by atoms with Crippen molar-refractivity contribution in [2.24, 2.45) is 0 Å². The van der Waals surface area contributed by atoms with Crippen LogP contribution in [0.15, 0.2) is 41.8 Å². The number of nitrogens with zero attached hydrogens (tertiary/aromatic N) is 3. The lowest BCUT2D eigenvalue weighted by Gasteiger charge is -1.97. The van der Waals surface area contributed by atoms with Crippen molar-refractivity contribution >= 4 is 11.3 Å². The number of hydrogen-bond donors (Lipinski definition) is 1. The van der Waals surface area contributed by atoms with Crippen LogP contribution in [0.25, 0.3) is 16.4 Å². The molecule has 1 N–H and O–H groups in total. The van der Waals surface area contributed by atoms with Crippen LogP contribution in [0.3, 0.4) is 0 Å². The van der Waals surface area contributed by atoms with Crippen LogP contribution in [0.5, 0.6) is 5.88 Å². The van der Waals surface area contributed by atoms with Gasteiger partial charge < -0.3 is 5.11 Å². The van der Waals surface area contributed by atoms with Crippen molar-refractivity contribution in [3.63, 3.8) is 0 Å². The molecule has 5 heteroatoms. The van der Waals surface area contributed by atoms with Gasteiger partial charge >= 0.3 is 0 Å². The van der Waals surface area contributed by atoms with Gasteiger partial charge in [-0.05, 0) is 6.92 Å². The van der Waals surface area contributed by atoms with Crippen LogP contribution in [0.2, 0.25) is 0 Å². The summed E-state index contributed by atoms with van der Waals surface area (Å²) in [6.07, 6.45) is 0. The summed E-state index contributed by atoms with van der Waals surface area (Å²) >= 11 is 1.45. The first-order valence-electron chi connectivity index (χ1n) is 5.51. The summed E-state index contributed by atoms with van der Waals surface area (Å²) < 4.78 is 1.45. The van der Waals surface area contributed by atoms with Gasteiger partial charge in [0.1, 0.15) is 0 Å². The molecule has 2 heterocycles. The smallest absolute Gasteiger partial charge is 0.216 e. The van der Waals surface area contributed by atoms with Crippen LogP contribution >= 0.6 is 11.3 Å². The zero-order chi connectivity index (χ0) is 12.5. The Kier molecular flexibility index (Phi) is 2.60. The minimum absolute atomic E-state index is 0.112. The van der Waals surface area contributed by atoms with Crippen molar-refractivity contribution in [1.29, 1.82) is 0 Å². The fraction of sp³-hybridized carbons (Fsp3) is 0.0769. The van der Waals surface area contributed by atoms with Gasteiger partial charge in [-0.1, -0.05) is 30.3 Å². The monoisotopic (exact) mass is 257 g/mol. The molecule has 3 aromatic rings. The van der Waals surface area contributed by atoms with E-state index in [2.05, 4.69) is 10.1 Å². The molecule has 0 spiro atoms. The Hall–Kier alpha value is -2.14. The molecule has 18 heavy (non-hydrogen) atoms. The number of aromatic hydroxyl groups is 1. The number of aromatic nitrogens is 3. The van der Waals surface area contributed by atoms with Gasteiger partial charge in [0.05, 0.1) is 11.4 Å². The van der Waals surface area contributed by atoms with E-state index in [9.17, 15) is 5.11 Å². The second kappa shape index (κ2) is 4.27. The van der Waals surface area contributed by atoms with Gasteiger partial charge in [-0.15, -0.1) is 11.3 Å². The number of benzene rings is 1. The van der Waals surface area contributed by atoms with Crippen molar-refractivity contribution < 1.29 is 5.11 Å². The van der Waals surface area contributed by atoms with Gasteiger partial charge in [0.25, 0.3) is 0 Å². The van der Waals surface area contributed by atoms with Crippen molar-refractivity contribution in [1.82, 2.24) is 14.8 Å². The predicted molar refractivity (Wildman–Crippen MR) is 71.1 cm³/mol. The van der Waals surface area contributed by atoms with E-state index in [0.717, 1.165) is 17.0 Å².